The van der Waals surface area contributed by atoms with Crippen LogP contribution in [0.1, 0.15) is 63.5 Å². The third kappa shape index (κ3) is 6.37. The third-order valence-electron chi connectivity index (χ3n) is 7.04. The number of carbonyl (C=O) groups is 1. The molecule has 2 aliphatic rings. The molecule has 0 spiro atoms. The summed E-state index contributed by atoms with van der Waals surface area (Å²) in [4.78, 5) is 23.5. The number of hydrogen-bond donors (Lipinski definition) is 1. The summed E-state index contributed by atoms with van der Waals surface area (Å²) in [6.45, 7) is 7.68. The van der Waals surface area contributed by atoms with Crippen molar-refractivity contribution in [3.8, 4) is 5.75 Å². The first kappa shape index (κ1) is 24.2. The van der Waals surface area contributed by atoms with Crippen molar-refractivity contribution in [3.05, 3.63) is 53.9 Å². The van der Waals surface area contributed by atoms with E-state index in [2.05, 4.69) is 64.4 Å². The Morgan fingerprint density at radius 3 is 2.44 bits per heavy atom. The highest BCUT2D eigenvalue weighted by atomic mass is 16.5. The molecule has 2 aromatic rings. The first-order valence-electron chi connectivity index (χ1n) is 12.9. The second-order valence-electron chi connectivity index (χ2n) is 9.50. The summed E-state index contributed by atoms with van der Waals surface area (Å²) in [6.07, 6.45) is 13.0. The molecule has 182 valence electrons. The molecule has 1 N–H and O–H groups in total. The molecule has 0 bridgehead atoms. The van der Waals surface area contributed by atoms with Crippen LogP contribution in [-0.4, -0.2) is 42.1 Å². The number of benzene rings is 1. The largest absolute Gasteiger partial charge is 0.493 e. The summed E-state index contributed by atoms with van der Waals surface area (Å²) in [5.41, 5.74) is 3.76. The van der Waals surface area contributed by atoms with Crippen LogP contribution in [0.4, 0.5) is 5.95 Å². The van der Waals surface area contributed by atoms with Gasteiger partial charge in [-0.15, -0.1) is 0 Å². The van der Waals surface area contributed by atoms with E-state index in [1.807, 2.05) is 12.4 Å². The second-order valence-corrected chi connectivity index (χ2v) is 9.50. The van der Waals surface area contributed by atoms with E-state index in [1.54, 1.807) is 0 Å². The highest BCUT2D eigenvalue weighted by molar-refractivity contribution is 5.80. The fourth-order valence-corrected chi connectivity index (χ4v) is 4.70. The fraction of sp³-hybridized carbons (Fsp3) is 0.536. The number of nitrogens with one attached hydrogen (secondary N) is 1. The van der Waals surface area contributed by atoms with Crippen LogP contribution in [0.15, 0.2) is 42.7 Å². The number of aryl methyl sites for hydroxylation is 1. The minimum atomic E-state index is 0.117. The molecule has 6 nitrogen and oxygen atoms in total. The van der Waals surface area contributed by atoms with Gasteiger partial charge in [0.15, 0.2) is 0 Å². The van der Waals surface area contributed by atoms with E-state index in [0.29, 0.717) is 5.92 Å². The van der Waals surface area contributed by atoms with Crippen LogP contribution in [-0.2, 0) is 11.2 Å². The van der Waals surface area contributed by atoms with Crippen LogP contribution in [0.5, 0.6) is 5.75 Å². The molecular weight excluding hydrogens is 424 g/mol. The van der Waals surface area contributed by atoms with Gasteiger partial charge in [-0.2, -0.15) is 0 Å². The summed E-state index contributed by atoms with van der Waals surface area (Å²) in [5.74, 6) is 2.65. The highest BCUT2D eigenvalue weighted by Gasteiger charge is 2.23. The lowest BCUT2D eigenvalue weighted by molar-refractivity contribution is -0.125. The maximum Gasteiger partial charge on any atom is 0.225 e. The molecule has 0 saturated carbocycles. The SMILES string of the molecule is CCCNC(=O)C1CC=C(c2ccc(OCC3CCN(c4ncc(CC)cn4)CC3)cc2)CC1. The normalized spacial score (nSPS) is 18.9. The standard InChI is InChI=1S/C28H38N4O2/c1-3-15-29-27(33)25-7-5-23(6-8-25)24-9-11-26(12-10-24)34-20-22-13-16-32(17-14-22)28-30-18-21(4-2)19-31-28/h5,9-12,18-19,22,25H,3-4,6-8,13-17,20H2,1-2H3,(H,29,33). The quantitative estimate of drug-likeness (QED) is 0.565. The summed E-state index contributed by atoms with van der Waals surface area (Å²) in [6, 6.07) is 8.46. The molecule has 1 aromatic carbocycles. The average molecular weight is 463 g/mol. The van der Waals surface area contributed by atoms with Crippen molar-refractivity contribution in [1.29, 1.82) is 0 Å². The van der Waals surface area contributed by atoms with E-state index in [1.165, 1.54) is 16.7 Å². The lowest BCUT2D eigenvalue weighted by atomic mass is 9.86. The van der Waals surface area contributed by atoms with E-state index in [0.717, 1.165) is 82.9 Å². The number of carbonyl (C=O) groups excluding carboxylic acids is 1. The van der Waals surface area contributed by atoms with Crippen LogP contribution in [0, 0.1) is 11.8 Å². The lowest BCUT2D eigenvalue weighted by Crippen LogP contribution is -2.36. The molecule has 1 aliphatic carbocycles. The number of rotatable bonds is 9. The van der Waals surface area contributed by atoms with Gasteiger partial charge in [-0.1, -0.05) is 32.1 Å². The summed E-state index contributed by atoms with van der Waals surface area (Å²) in [7, 11) is 0. The van der Waals surface area contributed by atoms with Gasteiger partial charge in [0, 0.05) is 37.9 Å². The minimum absolute atomic E-state index is 0.117. The monoisotopic (exact) mass is 462 g/mol. The van der Waals surface area contributed by atoms with Crippen LogP contribution in [0.25, 0.3) is 5.57 Å². The first-order valence-corrected chi connectivity index (χ1v) is 12.9. The number of nitrogens with zero attached hydrogens (tertiary/aromatic N) is 3. The maximum atomic E-state index is 12.2. The summed E-state index contributed by atoms with van der Waals surface area (Å²) < 4.78 is 6.12. The van der Waals surface area contributed by atoms with Gasteiger partial charge in [-0.05, 0) is 79.7 Å². The molecule has 1 saturated heterocycles. The molecule has 1 atom stereocenters. The van der Waals surface area contributed by atoms with Gasteiger partial charge in [-0.3, -0.25) is 4.79 Å². The Morgan fingerprint density at radius 1 is 1.09 bits per heavy atom. The third-order valence-corrected chi connectivity index (χ3v) is 7.04. The zero-order valence-electron chi connectivity index (χ0n) is 20.6. The average Bonchev–Trinajstić information content (AvgIpc) is 2.91. The van der Waals surface area contributed by atoms with E-state index in [-0.39, 0.29) is 11.8 Å². The molecular formula is C28H38N4O2. The Kier molecular flexibility index (Phi) is 8.56. The van der Waals surface area contributed by atoms with Crippen LogP contribution >= 0.6 is 0 Å². The number of ether oxygens (including phenoxy) is 1. The van der Waals surface area contributed by atoms with Crippen molar-refractivity contribution >= 4 is 17.4 Å². The Labute approximate surface area is 203 Å². The molecule has 0 radical (unpaired) electrons. The van der Waals surface area contributed by atoms with Crippen molar-refractivity contribution in [2.45, 2.75) is 58.8 Å². The van der Waals surface area contributed by atoms with Crippen molar-refractivity contribution in [3.63, 3.8) is 0 Å². The van der Waals surface area contributed by atoms with Crippen LogP contribution in [0.2, 0.25) is 0 Å². The summed E-state index contributed by atoms with van der Waals surface area (Å²) >= 11 is 0. The second kappa shape index (κ2) is 12.0. The van der Waals surface area contributed by atoms with Gasteiger partial charge in [0.05, 0.1) is 6.61 Å². The van der Waals surface area contributed by atoms with E-state index >= 15 is 0 Å². The number of aromatic nitrogens is 2. The molecule has 1 amide bonds. The zero-order valence-corrected chi connectivity index (χ0v) is 20.6. The van der Waals surface area contributed by atoms with Gasteiger partial charge < -0.3 is 15.0 Å². The fourth-order valence-electron chi connectivity index (χ4n) is 4.70. The van der Waals surface area contributed by atoms with Crippen LogP contribution < -0.4 is 15.0 Å². The smallest absolute Gasteiger partial charge is 0.225 e. The van der Waals surface area contributed by atoms with Crippen molar-refractivity contribution in [2.75, 3.05) is 31.1 Å². The number of hydrogen-bond acceptors (Lipinski definition) is 5. The maximum absolute atomic E-state index is 12.2. The molecule has 1 aromatic heterocycles. The van der Waals surface area contributed by atoms with Gasteiger partial charge in [-0.25, -0.2) is 9.97 Å². The van der Waals surface area contributed by atoms with E-state index in [4.69, 9.17) is 4.74 Å². The Balaban J connectivity index is 1.21. The number of allylic oxidation sites excluding steroid dienone is 2. The highest BCUT2D eigenvalue weighted by Crippen LogP contribution is 2.31. The molecule has 1 aliphatic heterocycles. The van der Waals surface area contributed by atoms with E-state index < -0.39 is 0 Å². The molecule has 1 unspecified atom stereocenters. The molecule has 1 fully saturated rings. The summed E-state index contributed by atoms with van der Waals surface area (Å²) in [5, 5.41) is 3.03. The number of amides is 1. The number of anilines is 1. The van der Waals surface area contributed by atoms with Crippen LogP contribution in [0.3, 0.4) is 0 Å². The van der Waals surface area contributed by atoms with Gasteiger partial charge in [0.25, 0.3) is 0 Å². The lowest BCUT2D eigenvalue weighted by Gasteiger charge is -2.31. The first-order chi connectivity index (χ1) is 16.7. The van der Waals surface area contributed by atoms with Gasteiger partial charge >= 0.3 is 0 Å². The van der Waals surface area contributed by atoms with Gasteiger partial charge in [0.2, 0.25) is 11.9 Å². The van der Waals surface area contributed by atoms with Gasteiger partial charge in [0.1, 0.15) is 5.75 Å². The number of piperidine rings is 1. The molecule has 34 heavy (non-hydrogen) atoms. The van der Waals surface area contributed by atoms with Crippen molar-refractivity contribution in [2.24, 2.45) is 11.8 Å². The van der Waals surface area contributed by atoms with Crippen molar-refractivity contribution in [1.82, 2.24) is 15.3 Å². The topological polar surface area (TPSA) is 67.3 Å². The Hall–Kier alpha value is -2.89. The van der Waals surface area contributed by atoms with E-state index in [9.17, 15) is 4.79 Å². The predicted octanol–water partition coefficient (Wildman–Crippen LogP) is 5.04. The minimum Gasteiger partial charge on any atom is -0.493 e. The molecule has 2 heterocycles. The Bertz CT molecular complexity index is 947. The Morgan fingerprint density at radius 2 is 1.82 bits per heavy atom. The zero-order chi connectivity index (χ0) is 23.8. The van der Waals surface area contributed by atoms with Crippen molar-refractivity contribution < 1.29 is 9.53 Å². The molecule has 4 rings (SSSR count). The molecule has 6 heteroatoms. The predicted molar refractivity (Wildman–Crippen MR) is 137 cm³/mol.